The van der Waals surface area contributed by atoms with Crippen molar-refractivity contribution in [3.05, 3.63) is 70.5 Å². The average Bonchev–Trinajstić information content (AvgIpc) is 3.58. The van der Waals surface area contributed by atoms with Gasteiger partial charge in [-0.3, -0.25) is 14.0 Å². The Kier molecular flexibility index (Phi) is 10.8. The number of nitrogens with zero attached hydrogens (tertiary/aromatic N) is 4. The summed E-state index contributed by atoms with van der Waals surface area (Å²) in [5.74, 6) is 0.000287. The van der Waals surface area contributed by atoms with Crippen molar-refractivity contribution < 1.29 is 31.1 Å². The Morgan fingerprint density at radius 2 is 1.83 bits per heavy atom. The monoisotopic (exact) mass is 688 g/mol. The molecule has 1 aromatic heterocycles. The molecule has 2 N–H and O–H groups in total. The van der Waals surface area contributed by atoms with Crippen molar-refractivity contribution in [3.8, 4) is 5.75 Å². The molecule has 0 bridgehead atoms. The fourth-order valence-corrected chi connectivity index (χ4v) is 7.09. The normalized spacial score (nSPS) is 17.7. The molecule has 1 saturated carbocycles. The van der Waals surface area contributed by atoms with E-state index in [1.165, 1.54) is 39.8 Å². The predicted octanol–water partition coefficient (Wildman–Crippen LogP) is 5.87. The van der Waals surface area contributed by atoms with Crippen LogP contribution >= 0.6 is 0 Å². The standard InChI is InChI=1S/C34H43F3N6O4S/c1-22-11-12-23(30(18-22)42(2)48(4,45)46)13-15-28-27(34(35,36)37)20-38-33(40-28)41-29-16-14-24(19-31(29)47-3)32(44)39-25-8-7-17-43(21-25)26-9-5-6-10-26/h11-12,14,16,18-20,25-26H,5-10,13,15,17,21H2,1-4H3,(H,39,44)(H,38,40,41)/t25-/m0/s1. The molecular formula is C34H43F3N6O4S. The first-order valence-corrected chi connectivity index (χ1v) is 18.0. The summed E-state index contributed by atoms with van der Waals surface area (Å²) in [4.78, 5) is 23.9. The molecule has 2 aliphatic rings. The fraction of sp³-hybridized carbons (Fsp3) is 0.500. The Labute approximate surface area is 280 Å². The van der Waals surface area contributed by atoms with Gasteiger partial charge in [0.2, 0.25) is 16.0 Å². The van der Waals surface area contributed by atoms with E-state index in [2.05, 4.69) is 25.5 Å². The number of nitrogens with one attached hydrogen (secondary N) is 2. The van der Waals surface area contributed by atoms with Crippen molar-refractivity contribution in [2.24, 2.45) is 0 Å². The third-order valence-electron chi connectivity index (χ3n) is 9.22. The molecule has 1 amide bonds. The second-order valence-electron chi connectivity index (χ2n) is 12.7. The maximum atomic E-state index is 14.0. The molecule has 1 saturated heterocycles. The topological polar surface area (TPSA) is 117 Å². The molecule has 14 heteroatoms. The molecule has 3 aromatic rings. The largest absolute Gasteiger partial charge is 0.495 e. The van der Waals surface area contributed by atoms with Gasteiger partial charge in [0.15, 0.2) is 0 Å². The number of anilines is 3. The number of halogens is 3. The zero-order valence-corrected chi connectivity index (χ0v) is 28.5. The van der Waals surface area contributed by atoms with Crippen LogP contribution in [-0.4, -0.2) is 74.8 Å². The maximum Gasteiger partial charge on any atom is 0.419 e. The van der Waals surface area contributed by atoms with Gasteiger partial charge in [-0.15, -0.1) is 0 Å². The number of carbonyl (C=O) groups is 1. The summed E-state index contributed by atoms with van der Waals surface area (Å²) in [6, 6.07) is 10.6. The number of methoxy groups -OCH3 is 1. The third-order valence-corrected chi connectivity index (χ3v) is 10.4. The van der Waals surface area contributed by atoms with E-state index in [1.807, 2.05) is 6.92 Å². The molecule has 0 spiro atoms. The van der Waals surface area contributed by atoms with Crippen LogP contribution in [0.15, 0.2) is 42.6 Å². The van der Waals surface area contributed by atoms with Crippen molar-refractivity contribution in [2.75, 3.05) is 43.1 Å². The number of amides is 1. The highest BCUT2D eigenvalue weighted by atomic mass is 32.2. The third kappa shape index (κ3) is 8.56. The van der Waals surface area contributed by atoms with Gasteiger partial charge in [0.1, 0.15) is 5.75 Å². The molecule has 10 nitrogen and oxygen atoms in total. The van der Waals surface area contributed by atoms with Crippen LogP contribution in [0.1, 0.15) is 71.3 Å². The molecule has 0 radical (unpaired) electrons. The molecule has 2 fully saturated rings. The van der Waals surface area contributed by atoms with Gasteiger partial charge in [-0.05, 0) is 87.4 Å². The highest BCUT2D eigenvalue weighted by Gasteiger charge is 2.35. The summed E-state index contributed by atoms with van der Waals surface area (Å²) >= 11 is 0. The van der Waals surface area contributed by atoms with Crippen LogP contribution in [0, 0.1) is 6.92 Å². The summed E-state index contributed by atoms with van der Waals surface area (Å²) in [6.07, 6.45) is 3.97. The average molecular weight is 689 g/mol. The number of carbonyl (C=O) groups excluding carboxylic acids is 1. The van der Waals surface area contributed by atoms with Crippen molar-refractivity contribution in [2.45, 2.75) is 76.6 Å². The van der Waals surface area contributed by atoms with Crippen molar-refractivity contribution in [1.29, 1.82) is 0 Å². The van der Waals surface area contributed by atoms with E-state index in [0.29, 0.717) is 34.3 Å². The Morgan fingerprint density at radius 1 is 1.08 bits per heavy atom. The van der Waals surface area contributed by atoms with Gasteiger partial charge in [0.25, 0.3) is 5.91 Å². The van der Waals surface area contributed by atoms with E-state index in [9.17, 15) is 26.4 Å². The smallest absolute Gasteiger partial charge is 0.419 e. The van der Waals surface area contributed by atoms with Crippen LogP contribution < -0.4 is 19.7 Å². The second kappa shape index (κ2) is 14.7. The molecule has 0 unspecified atom stereocenters. The van der Waals surface area contributed by atoms with Crippen LogP contribution in [0.2, 0.25) is 0 Å². The number of hydrogen-bond acceptors (Lipinski definition) is 8. The van der Waals surface area contributed by atoms with Crippen LogP contribution in [-0.2, 0) is 29.0 Å². The number of aryl methyl sites for hydroxylation is 3. The number of likely N-dealkylation sites (tertiary alicyclic amines) is 1. The van der Waals surface area contributed by atoms with Gasteiger partial charge >= 0.3 is 6.18 Å². The van der Waals surface area contributed by atoms with Gasteiger partial charge in [-0.2, -0.15) is 13.2 Å². The summed E-state index contributed by atoms with van der Waals surface area (Å²) in [5.41, 5.74) is 1.31. The highest BCUT2D eigenvalue weighted by Crippen LogP contribution is 2.34. The van der Waals surface area contributed by atoms with Gasteiger partial charge in [-0.25, -0.2) is 18.4 Å². The van der Waals surface area contributed by atoms with Gasteiger partial charge in [0.05, 0.1) is 36.0 Å². The van der Waals surface area contributed by atoms with Gasteiger partial charge in [-0.1, -0.05) is 25.0 Å². The van der Waals surface area contributed by atoms with E-state index in [4.69, 9.17) is 4.74 Å². The minimum absolute atomic E-state index is 0.0531. The predicted molar refractivity (Wildman–Crippen MR) is 179 cm³/mol. The number of hydrogen-bond donors (Lipinski definition) is 2. The number of ether oxygens (including phenoxy) is 1. The van der Waals surface area contributed by atoms with Crippen LogP contribution in [0.3, 0.4) is 0 Å². The number of rotatable bonds is 11. The molecule has 1 aliphatic heterocycles. The van der Waals surface area contributed by atoms with Gasteiger partial charge < -0.3 is 15.4 Å². The maximum absolute atomic E-state index is 14.0. The zero-order valence-electron chi connectivity index (χ0n) is 27.7. The number of sulfonamides is 1. The number of aromatic nitrogens is 2. The second-order valence-corrected chi connectivity index (χ2v) is 14.7. The fourth-order valence-electron chi connectivity index (χ4n) is 6.57. The summed E-state index contributed by atoms with van der Waals surface area (Å²) in [5, 5.41) is 6.10. The summed E-state index contributed by atoms with van der Waals surface area (Å²) in [6.45, 7) is 3.70. The SMILES string of the molecule is COc1cc(C(=O)N[C@H]2CCCN(C3CCCC3)C2)ccc1Nc1ncc(C(F)(F)F)c(CCc2ccc(C)cc2N(C)S(C)(=O)=O)n1. The Morgan fingerprint density at radius 3 is 2.52 bits per heavy atom. The van der Waals surface area contributed by atoms with E-state index >= 15 is 0 Å². The van der Waals surface area contributed by atoms with E-state index < -0.39 is 21.8 Å². The Bertz CT molecular complexity index is 1730. The Hall–Kier alpha value is -3.91. The van der Waals surface area contributed by atoms with E-state index in [0.717, 1.165) is 48.3 Å². The zero-order chi connectivity index (χ0) is 34.6. The number of alkyl halides is 3. The lowest BCUT2D eigenvalue weighted by Gasteiger charge is -2.37. The number of piperidine rings is 1. The van der Waals surface area contributed by atoms with Crippen molar-refractivity contribution in [1.82, 2.24) is 20.2 Å². The quantitative estimate of drug-likeness (QED) is 0.257. The first kappa shape index (κ1) is 35.4. The lowest BCUT2D eigenvalue weighted by molar-refractivity contribution is -0.138. The van der Waals surface area contributed by atoms with E-state index in [1.54, 1.807) is 36.4 Å². The Balaban J connectivity index is 1.32. The molecule has 1 atom stereocenters. The summed E-state index contributed by atoms with van der Waals surface area (Å²) in [7, 11) is -0.754. The molecule has 5 rings (SSSR count). The summed E-state index contributed by atoms with van der Waals surface area (Å²) < 4.78 is 73.2. The lowest BCUT2D eigenvalue weighted by Crippen LogP contribution is -2.50. The molecule has 260 valence electrons. The first-order valence-electron chi connectivity index (χ1n) is 16.2. The molecular weight excluding hydrogens is 645 g/mol. The van der Waals surface area contributed by atoms with Crippen molar-refractivity contribution in [3.63, 3.8) is 0 Å². The lowest BCUT2D eigenvalue weighted by atomic mass is 10.0. The van der Waals surface area contributed by atoms with Crippen molar-refractivity contribution >= 4 is 33.3 Å². The van der Waals surface area contributed by atoms with Crippen LogP contribution in [0.25, 0.3) is 0 Å². The minimum atomic E-state index is -4.70. The van der Waals surface area contributed by atoms with Gasteiger partial charge in [0, 0.05) is 37.4 Å². The van der Waals surface area contributed by atoms with E-state index in [-0.39, 0.29) is 36.4 Å². The molecule has 2 heterocycles. The molecule has 2 aromatic carbocycles. The minimum Gasteiger partial charge on any atom is -0.495 e. The molecule has 1 aliphatic carbocycles. The van der Waals surface area contributed by atoms with Crippen LogP contribution in [0.4, 0.5) is 30.5 Å². The van der Waals surface area contributed by atoms with Crippen LogP contribution in [0.5, 0.6) is 5.75 Å². The number of benzene rings is 2. The molecule has 48 heavy (non-hydrogen) atoms. The highest BCUT2D eigenvalue weighted by molar-refractivity contribution is 7.92. The first-order chi connectivity index (χ1) is 22.7.